The molecule has 0 radical (unpaired) electrons. The first-order valence-corrected chi connectivity index (χ1v) is 17.5. The van der Waals surface area contributed by atoms with Crippen LogP contribution in [-0.4, -0.2) is 98.3 Å². The van der Waals surface area contributed by atoms with E-state index in [0.29, 0.717) is 0 Å². The highest BCUT2D eigenvalue weighted by atomic mass is 35.5. The van der Waals surface area contributed by atoms with E-state index in [2.05, 4.69) is 25.3 Å². The number of amides is 1. The Morgan fingerprint density at radius 2 is 1.50 bits per heavy atom. The van der Waals surface area contributed by atoms with Gasteiger partial charge in [-0.3, -0.25) is 4.79 Å². The van der Waals surface area contributed by atoms with E-state index < -0.39 is 81.7 Å². The number of nitrogens with zero attached hydrogens (tertiary/aromatic N) is 9. The number of hydrogen-bond donors (Lipinski definition) is 3. The number of pyridine rings is 1. The Morgan fingerprint density at radius 3 is 2.07 bits per heavy atom. The summed E-state index contributed by atoms with van der Waals surface area (Å²) in [5.41, 5.74) is -6.46. The first-order chi connectivity index (χ1) is 26.5. The number of aromatic nitrogens is 8. The average molecular weight is 837 g/mol. The molecule has 0 bridgehead atoms. The number of carbonyl (C=O) groups excluding carboxylic acids is 1. The van der Waals surface area contributed by atoms with Gasteiger partial charge in [-0.25, -0.2) is 41.6 Å². The van der Waals surface area contributed by atoms with Crippen LogP contribution in [0.4, 0.5) is 17.6 Å². The van der Waals surface area contributed by atoms with Gasteiger partial charge in [-0.15, -0.1) is 0 Å². The molecule has 7 rings (SSSR count). The molecule has 1 aliphatic heterocycles. The van der Waals surface area contributed by atoms with Gasteiger partial charge in [0.15, 0.2) is 34.8 Å². The van der Waals surface area contributed by atoms with Gasteiger partial charge in [0.2, 0.25) is 5.72 Å². The maximum atomic E-state index is 15.4. The molecule has 56 heavy (non-hydrogen) atoms. The predicted octanol–water partition coefficient (Wildman–Crippen LogP) is 5.10. The molecule has 21 heteroatoms. The van der Waals surface area contributed by atoms with Crippen LogP contribution in [0.3, 0.4) is 0 Å². The molecular weight excluding hydrogens is 809 g/mol. The summed E-state index contributed by atoms with van der Waals surface area (Å²) >= 11 is 18.0. The number of aliphatic hydroxyl groups excluding tert-OH is 2. The van der Waals surface area contributed by atoms with Crippen molar-refractivity contribution >= 4 is 40.7 Å². The number of aryl methyl sites for hydroxylation is 1. The summed E-state index contributed by atoms with van der Waals surface area (Å²) in [6.45, 7) is 0.615. The summed E-state index contributed by atoms with van der Waals surface area (Å²) in [4.78, 5) is 23.5. The number of benzene rings is 2. The molecule has 1 fully saturated rings. The van der Waals surface area contributed by atoms with Crippen LogP contribution in [-0.2, 0) is 16.2 Å². The molecule has 2 aromatic carbocycles. The molecular formula is C35H28Cl3F4N9O5. The molecule has 4 atom stereocenters. The topological polar surface area (TPSA) is 169 Å². The normalized spacial score (nSPS) is 21.1. The molecule has 0 saturated carbocycles. The Kier molecular flexibility index (Phi) is 10.2. The van der Waals surface area contributed by atoms with Crippen molar-refractivity contribution in [3.05, 3.63) is 117 Å². The number of halogens is 7. The number of rotatable bonds is 8. The number of aliphatic hydroxyl groups is 3. The number of hydrogen-bond acceptors (Lipinski definition) is 10. The second-order valence-corrected chi connectivity index (χ2v) is 14.2. The zero-order valence-electron chi connectivity index (χ0n) is 29.2. The van der Waals surface area contributed by atoms with Gasteiger partial charge in [-0.2, -0.15) is 15.3 Å². The van der Waals surface area contributed by atoms with Crippen LogP contribution in [0.2, 0.25) is 15.1 Å². The van der Waals surface area contributed by atoms with E-state index in [1.165, 1.54) is 50.3 Å². The molecule has 4 aromatic heterocycles. The third-order valence-corrected chi connectivity index (χ3v) is 10.0. The van der Waals surface area contributed by atoms with Crippen LogP contribution in [0.5, 0.6) is 0 Å². The van der Waals surface area contributed by atoms with Crippen LogP contribution < -0.4 is 0 Å². The highest BCUT2D eigenvalue weighted by Crippen LogP contribution is 2.50. The van der Waals surface area contributed by atoms with Crippen molar-refractivity contribution in [3.8, 4) is 27.9 Å². The highest BCUT2D eigenvalue weighted by Gasteiger charge is 2.66. The van der Waals surface area contributed by atoms with Crippen LogP contribution in [0.15, 0.2) is 61.3 Å². The molecule has 1 amide bonds. The van der Waals surface area contributed by atoms with Crippen LogP contribution in [0.1, 0.15) is 28.6 Å². The monoisotopic (exact) mass is 835 g/mol. The first kappa shape index (κ1) is 39.3. The molecule has 6 aromatic rings. The summed E-state index contributed by atoms with van der Waals surface area (Å²) < 4.78 is 69.3. The Morgan fingerprint density at radius 1 is 0.929 bits per heavy atom. The lowest BCUT2D eigenvalue weighted by atomic mass is 9.86. The summed E-state index contributed by atoms with van der Waals surface area (Å²) in [6.07, 6.45) is 1.77. The quantitative estimate of drug-likeness (QED) is 0.139. The van der Waals surface area contributed by atoms with E-state index in [4.69, 9.17) is 39.5 Å². The van der Waals surface area contributed by atoms with E-state index in [-0.39, 0.29) is 44.5 Å². The fourth-order valence-electron chi connectivity index (χ4n) is 6.50. The Hall–Kier alpha value is -4.95. The summed E-state index contributed by atoms with van der Waals surface area (Å²) in [6, 6.07) is 5.94. The van der Waals surface area contributed by atoms with Crippen molar-refractivity contribution < 1.29 is 42.4 Å². The van der Waals surface area contributed by atoms with Crippen molar-refractivity contribution in [1.82, 2.24) is 44.2 Å². The Bertz CT molecular complexity index is 2520. The summed E-state index contributed by atoms with van der Waals surface area (Å²) in [5, 5.41) is 47.3. The van der Waals surface area contributed by atoms with Gasteiger partial charge < -0.3 is 25.0 Å². The van der Waals surface area contributed by atoms with Gasteiger partial charge in [0, 0.05) is 61.4 Å². The molecule has 1 saturated heterocycles. The third-order valence-electron chi connectivity index (χ3n) is 9.21. The number of ether oxygens (including phenoxy) is 1. The van der Waals surface area contributed by atoms with E-state index >= 15 is 8.78 Å². The molecule has 1 aliphatic rings. The van der Waals surface area contributed by atoms with E-state index in [1.807, 2.05) is 0 Å². The van der Waals surface area contributed by atoms with Crippen molar-refractivity contribution in [2.75, 3.05) is 20.7 Å². The Balaban J connectivity index is 1.56. The van der Waals surface area contributed by atoms with E-state index in [9.17, 15) is 28.9 Å². The zero-order chi connectivity index (χ0) is 40.4. The molecule has 3 N–H and O–H groups in total. The van der Waals surface area contributed by atoms with Crippen LogP contribution in [0, 0.1) is 30.2 Å². The van der Waals surface area contributed by atoms with Crippen molar-refractivity contribution in [2.24, 2.45) is 0 Å². The van der Waals surface area contributed by atoms with Crippen molar-refractivity contribution in [1.29, 1.82) is 0 Å². The minimum absolute atomic E-state index is 0.0123. The van der Waals surface area contributed by atoms with Crippen molar-refractivity contribution in [2.45, 2.75) is 37.0 Å². The zero-order valence-corrected chi connectivity index (χ0v) is 31.4. The second kappa shape index (κ2) is 14.5. The second-order valence-electron chi connectivity index (χ2n) is 13.0. The fourth-order valence-corrected chi connectivity index (χ4v) is 6.94. The SMILES string of the molecule is Cc1nc(C2(n3cc(-c4ccc(Cl)c(F)c4F)cn3)O[C@@H](CO)[C@@H](O)C[C@@]2(O)n2cc(-c3ccc(Cl)c(F)c3F)cn2)n(-c2cc(Cl)cnc2C(=O)N(C)C)n1. The van der Waals surface area contributed by atoms with Gasteiger partial charge in [0.25, 0.3) is 11.6 Å². The van der Waals surface area contributed by atoms with E-state index in [1.54, 1.807) is 0 Å². The lowest BCUT2D eigenvalue weighted by molar-refractivity contribution is -0.338. The fraction of sp³-hybridized carbons (Fsp3) is 0.257. The standard InChI is InChI=1S/C35H28Cl3F4N9O5/c1-16-46-33(51(47-16)24-8-19(36)12-43-31(24)32(54)48(2)3)35(50-14-18(11-45-50)21-5-7-23(38)30(42)28(21)40)34(55,9-25(53)26(15-52)56-35)49-13-17(10-44-49)20-4-6-22(37)29(41)27(20)39/h4-8,10-14,25-26,52-53,55H,9,15H2,1-3H3/t25-,26-,34-,35?/m0/s1. The minimum atomic E-state index is -2.75. The molecule has 5 heterocycles. The lowest BCUT2D eigenvalue weighted by Crippen LogP contribution is -2.68. The minimum Gasteiger partial charge on any atom is -0.394 e. The molecule has 0 spiro atoms. The first-order valence-electron chi connectivity index (χ1n) is 16.4. The Labute approximate surface area is 329 Å². The smallest absolute Gasteiger partial charge is 0.274 e. The van der Waals surface area contributed by atoms with Gasteiger partial charge in [-0.1, -0.05) is 34.8 Å². The maximum absolute atomic E-state index is 15.4. The van der Waals surface area contributed by atoms with Crippen molar-refractivity contribution in [3.63, 3.8) is 0 Å². The van der Waals surface area contributed by atoms with Crippen LogP contribution >= 0.6 is 34.8 Å². The van der Waals surface area contributed by atoms with E-state index in [0.717, 1.165) is 51.0 Å². The van der Waals surface area contributed by atoms with Crippen LogP contribution in [0.25, 0.3) is 27.9 Å². The average Bonchev–Trinajstić information content (AvgIpc) is 3.94. The van der Waals surface area contributed by atoms with Gasteiger partial charge in [0.05, 0.1) is 45.9 Å². The molecule has 292 valence electrons. The van der Waals surface area contributed by atoms with Gasteiger partial charge >= 0.3 is 0 Å². The highest BCUT2D eigenvalue weighted by molar-refractivity contribution is 6.31. The molecule has 1 unspecified atom stereocenters. The third kappa shape index (κ3) is 6.21. The summed E-state index contributed by atoms with van der Waals surface area (Å²) in [5.74, 6) is -6.34. The summed E-state index contributed by atoms with van der Waals surface area (Å²) in [7, 11) is 2.95. The largest absolute Gasteiger partial charge is 0.394 e. The number of carbonyl (C=O) groups is 1. The van der Waals surface area contributed by atoms with Gasteiger partial charge in [0.1, 0.15) is 11.9 Å². The molecule has 14 nitrogen and oxygen atoms in total. The lowest BCUT2D eigenvalue weighted by Gasteiger charge is -2.51. The predicted molar refractivity (Wildman–Crippen MR) is 192 cm³/mol. The van der Waals surface area contributed by atoms with Gasteiger partial charge in [-0.05, 0) is 37.3 Å². The maximum Gasteiger partial charge on any atom is 0.274 e. The molecule has 0 aliphatic carbocycles.